The van der Waals surface area contributed by atoms with E-state index in [2.05, 4.69) is 21.9 Å². The summed E-state index contributed by atoms with van der Waals surface area (Å²) in [6.07, 6.45) is 4.40. The minimum absolute atomic E-state index is 0.686. The summed E-state index contributed by atoms with van der Waals surface area (Å²) in [6, 6.07) is 3.83. The Morgan fingerprint density at radius 1 is 1.31 bits per heavy atom. The van der Waals surface area contributed by atoms with Gasteiger partial charge in [0.2, 0.25) is 0 Å². The summed E-state index contributed by atoms with van der Waals surface area (Å²) in [5, 5.41) is 0. The molecular formula is C12H13N3S. The second kappa shape index (κ2) is 4.53. The molecule has 0 aliphatic rings. The van der Waals surface area contributed by atoms with Crippen LogP contribution in [0.4, 0.5) is 0 Å². The normalized spacial score (nSPS) is 10.4. The summed E-state index contributed by atoms with van der Waals surface area (Å²) >= 11 is 5.28. The fourth-order valence-corrected chi connectivity index (χ4v) is 2.06. The van der Waals surface area contributed by atoms with Crippen LogP contribution in [0, 0.1) is 11.6 Å². The Labute approximate surface area is 99.6 Å². The highest BCUT2D eigenvalue weighted by molar-refractivity contribution is 7.71. The van der Waals surface area contributed by atoms with Crippen LogP contribution >= 0.6 is 12.2 Å². The Hall–Kier alpha value is -1.55. The van der Waals surface area contributed by atoms with E-state index in [1.54, 1.807) is 12.4 Å². The van der Waals surface area contributed by atoms with Crippen molar-refractivity contribution in [2.24, 2.45) is 0 Å². The number of pyridine rings is 1. The Kier molecular flexibility index (Phi) is 3.10. The predicted octanol–water partition coefficient (Wildman–Crippen LogP) is 3.07. The highest BCUT2D eigenvalue weighted by Crippen LogP contribution is 2.16. The number of hydrogen-bond donors (Lipinski definition) is 1. The van der Waals surface area contributed by atoms with E-state index in [1.807, 2.05) is 19.1 Å². The molecule has 0 bridgehead atoms. The maximum Gasteiger partial charge on any atom is 0.139 e. The summed E-state index contributed by atoms with van der Waals surface area (Å²) in [7, 11) is 0. The van der Waals surface area contributed by atoms with Crippen molar-refractivity contribution in [2.45, 2.75) is 20.3 Å². The molecule has 0 radical (unpaired) electrons. The Balaban J connectivity index is 2.57. The lowest BCUT2D eigenvalue weighted by Crippen LogP contribution is -1.98. The van der Waals surface area contributed by atoms with Gasteiger partial charge in [-0.25, -0.2) is 4.98 Å². The fourth-order valence-electron chi connectivity index (χ4n) is 1.67. The van der Waals surface area contributed by atoms with Gasteiger partial charge in [-0.05, 0) is 25.5 Å². The van der Waals surface area contributed by atoms with E-state index in [-0.39, 0.29) is 0 Å². The van der Waals surface area contributed by atoms with Gasteiger partial charge in [0, 0.05) is 29.2 Å². The first-order valence-electron chi connectivity index (χ1n) is 5.22. The molecule has 0 fully saturated rings. The molecule has 2 aromatic rings. The average molecular weight is 231 g/mol. The van der Waals surface area contributed by atoms with Gasteiger partial charge in [-0.2, -0.15) is 0 Å². The van der Waals surface area contributed by atoms with E-state index in [0.717, 1.165) is 29.1 Å². The molecule has 0 aromatic carbocycles. The Bertz CT molecular complexity index is 546. The molecule has 3 nitrogen and oxygen atoms in total. The molecule has 0 saturated carbocycles. The number of H-pyrrole nitrogens is 1. The molecule has 16 heavy (non-hydrogen) atoms. The van der Waals surface area contributed by atoms with Crippen LogP contribution < -0.4 is 0 Å². The summed E-state index contributed by atoms with van der Waals surface area (Å²) in [5.41, 5.74) is 3.22. The van der Waals surface area contributed by atoms with Crippen LogP contribution in [0.2, 0.25) is 0 Å². The summed E-state index contributed by atoms with van der Waals surface area (Å²) in [4.78, 5) is 11.7. The largest absolute Gasteiger partial charge is 0.343 e. The zero-order chi connectivity index (χ0) is 11.5. The van der Waals surface area contributed by atoms with Crippen molar-refractivity contribution >= 4 is 12.2 Å². The van der Waals surface area contributed by atoms with Crippen molar-refractivity contribution in [2.75, 3.05) is 0 Å². The molecule has 2 aromatic heterocycles. The van der Waals surface area contributed by atoms with Gasteiger partial charge >= 0.3 is 0 Å². The van der Waals surface area contributed by atoms with E-state index in [0.29, 0.717) is 4.64 Å². The van der Waals surface area contributed by atoms with Gasteiger partial charge in [0.1, 0.15) is 10.5 Å². The van der Waals surface area contributed by atoms with Gasteiger partial charge in [-0.1, -0.05) is 19.1 Å². The first-order chi connectivity index (χ1) is 7.72. The first kappa shape index (κ1) is 11.0. The zero-order valence-electron chi connectivity index (χ0n) is 9.32. The van der Waals surface area contributed by atoms with Crippen LogP contribution in [0.25, 0.3) is 11.4 Å². The van der Waals surface area contributed by atoms with E-state index in [4.69, 9.17) is 12.2 Å². The molecule has 82 valence electrons. The topological polar surface area (TPSA) is 41.6 Å². The van der Waals surface area contributed by atoms with Crippen LogP contribution in [0.1, 0.15) is 18.2 Å². The molecule has 0 saturated heterocycles. The zero-order valence-corrected chi connectivity index (χ0v) is 10.1. The van der Waals surface area contributed by atoms with Gasteiger partial charge in [-0.3, -0.25) is 4.98 Å². The molecular weight excluding hydrogens is 218 g/mol. The molecule has 0 spiro atoms. The van der Waals surface area contributed by atoms with Gasteiger partial charge in [0.25, 0.3) is 0 Å². The number of aromatic amines is 1. The highest BCUT2D eigenvalue weighted by Gasteiger charge is 2.04. The lowest BCUT2D eigenvalue weighted by atomic mass is 10.2. The Morgan fingerprint density at radius 3 is 2.56 bits per heavy atom. The quantitative estimate of drug-likeness (QED) is 0.808. The van der Waals surface area contributed by atoms with Crippen LogP contribution in [0.3, 0.4) is 0 Å². The molecule has 0 aliphatic heterocycles. The molecule has 1 N–H and O–H groups in total. The smallest absolute Gasteiger partial charge is 0.139 e. The van der Waals surface area contributed by atoms with Crippen LogP contribution in [-0.2, 0) is 6.42 Å². The van der Waals surface area contributed by atoms with E-state index in [9.17, 15) is 0 Å². The number of nitrogens with one attached hydrogen (secondary N) is 1. The lowest BCUT2D eigenvalue weighted by molar-refractivity contribution is 0.989. The summed E-state index contributed by atoms with van der Waals surface area (Å²) < 4.78 is 0.686. The molecule has 0 aliphatic carbocycles. The standard InChI is InChI=1S/C12H13N3S/c1-3-10-8(2)14-11(15-12(10)16)9-4-6-13-7-5-9/h4-7H,3H2,1-2H3,(H,14,15,16). The maximum atomic E-state index is 5.28. The van der Waals surface area contributed by atoms with Crippen LogP contribution in [0.15, 0.2) is 24.5 Å². The van der Waals surface area contributed by atoms with Crippen molar-refractivity contribution < 1.29 is 0 Å². The molecule has 0 atom stereocenters. The fraction of sp³-hybridized carbons (Fsp3) is 0.250. The number of nitrogens with zero attached hydrogens (tertiary/aromatic N) is 2. The molecule has 0 unspecified atom stereocenters. The summed E-state index contributed by atoms with van der Waals surface area (Å²) in [5.74, 6) is 0.808. The minimum Gasteiger partial charge on any atom is -0.343 e. The molecule has 2 rings (SSSR count). The van der Waals surface area contributed by atoms with Crippen molar-refractivity contribution in [3.05, 3.63) is 40.4 Å². The number of aromatic nitrogens is 3. The van der Waals surface area contributed by atoms with Crippen molar-refractivity contribution in [1.29, 1.82) is 0 Å². The molecule has 4 heteroatoms. The summed E-state index contributed by atoms with van der Waals surface area (Å²) in [6.45, 7) is 4.11. The highest BCUT2D eigenvalue weighted by atomic mass is 32.1. The third kappa shape index (κ3) is 2.02. The van der Waals surface area contributed by atoms with Crippen molar-refractivity contribution in [3.63, 3.8) is 0 Å². The average Bonchev–Trinajstić information content (AvgIpc) is 2.30. The van der Waals surface area contributed by atoms with E-state index < -0.39 is 0 Å². The minimum atomic E-state index is 0.686. The van der Waals surface area contributed by atoms with E-state index in [1.165, 1.54) is 0 Å². The lowest BCUT2D eigenvalue weighted by Gasteiger charge is -2.07. The first-order valence-corrected chi connectivity index (χ1v) is 5.63. The van der Waals surface area contributed by atoms with Gasteiger partial charge in [-0.15, -0.1) is 0 Å². The maximum absolute atomic E-state index is 5.28. The third-order valence-corrected chi connectivity index (χ3v) is 2.88. The number of aryl methyl sites for hydroxylation is 1. The molecule has 2 heterocycles. The Morgan fingerprint density at radius 2 is 2.00 bits per heavy atom. The van der Waals surface area contributed by atoms with Gasteiger partial charge < -0.3 is 4.98 Å². The van der Waals surface area contributed by atoms with Crippen molar-refractivity contribution in [1.82, 2.24) is 15.0 Å². The third-order valence-electron chi connectivity index (χ3n) is 2.54. The second-order valence-electron chi connectivity index (χ2n) is 3.58. The second-order valence-corrected chi connectivity index (χ2v) is 3.97. The van der Waals surface area contributed by atoms with Crippen molar-refractivity contribution in [3.8, 4) is 11.4 Å². The van der Waals surface area contributed by atoms with Crippen LogP contribution in [-0.4, -0.2) is 15.0 Å². The predicted molar refractivity (Wildman–Crippen MR) is 66.8 cm³/mol. The van der Waals surface area contributed by atoms with Crippen LogP contribution in [0.5, 0.6) is 0 Å². The number of hydrogen-bond acceptors (Lipinski definition) is 3. The van der Waals surface area contributed by atoms with Gasteiger partial charge in [0.05, 0.1) is 0 Å². The monoisotopic (exact) mass is 231 g/mol. The SMILES string of the molecule is CCc1c(C)[nH]c(-c2ccncc2)nc1=S. The number of rotatable bonds is 2. The molecule has 0 amide bonds. The van der Waals surface area contributed by atoms with Gasteiger partial charge in [0.15, 0.2) is 0 Å². The van der Waals surface area contributed by atoms with E-state index >= 15 is 0 Å².